The minimum atomic E-state index is -0.458. The van der Waals surface area contributed by atoms with Gasteiger partial charge in [0.15, 0.2) is 11.5 Å². The Labute approximate surface area is 158 Å². The SMILES string of the molecule is CCNC(=O)CN(CC)C(=O)C1CC(=O)N(c2ccc3c(c2)OCCO3)C1. The number of hydrogen-bond acceptors (Lipinski definition) is 5. The molecule has 8 heteroatoms. The molecule has 146 valence electrons. The maximum absolute atomic E-state index is 12.8. The zero-order valence-electron chi connectivity index (χ0n) is 15.7. The molecule has 0 saturated carbocycles. The van der Waals surface area contributed by atoms with Gasteiger partial charge in [0, 0.05) is 37.8 Å². The van der Waals surface area contributed by atoms with E-state index in [2.05, 4.69) is 5.32 Å². The number of amides is 3. The van der Waals surface area contributed by atoms with Crippen LogP contribution in [0.3, 0.4) is 0 Å². The highest BCUT2D eigenvalue weighted by Crippen LogP contribution is 2.36. The van der Waals surface area contributed by atoms with E-state index in [4.69, 9.17) is 9.47 Å². The van der Waals surface area contributed by atoms with Crippen LogP contribution in [0.4, 0.5) is 5.69 Å². The summed E-state index contributed by atoms with van der Waals surface area (Å²) in [5.74, 6) is 0.327. The molecule has 2 aliphatic rings. The number of anilines is 1. The zero-order chi connectivity index (χ0) is 19.4. The Morgan fingerprint density at radius 3 is 2.67 bits per heavy atom. The Bertz CT molecular complexity index is 736. The van der Waals surface area contributed by atoms with Crippen LogP contribution < -0.4 is 19.7 Å². The van der Waals surface area contributed by atoms with Crippen LogP contribution in [0, 0.1) is 5.92 Å². The Morgan fingerprint density at radius 2 is 1.96 bits per heavy atom. The third kappa shape index (κ3) is 4.15. The highest BCUT2D eigenvalue weighted by molar-refractivity contribution is 6.01. The Kier molecular flexibility index (Phi) is 5.83. The molecule has 0 bridgehead atoms. The molecule has 1 N–H and O–H groups in total. The molecule has 1 aromatic carbocycles. The summed E-state index contributed by atoms with van der Waals surface area (Å²) < 4.78 is 11.1. The van der Waals surface area contributed by atoms with E-state index in [1.807, 2.05) is 13.8 Å². The molecule has 1 fully saturated rings. The van der Waals surface area contributed by atoms with Crippen molar-refractivity contribution in [2.75, 3.05) is 44.3 Å². The fourth-order valence-electron chi connectivity index (χ4n) is 3.35. The third-order valence-corrected chi connectivity index (χ3v) is 4.71. The van der Waals surface area contributed by atoms with E-state index in [0.717, 1.165) is 0 Å². The lowest BCUT2D eigenvalue weighted by molar-refractivity contribution is -0.139. The monoisotopic (exact) mass is 375 g/mol. The Hall–Kier alpha value is -2.77. The second-order valence-electron chi connectivity index (χ2n) is 6.54. The normalized spacial score (nSPS) is 18.4. The number of hydrogen-bond donors (Lipinski definition) is 1. The number of nitrogens with zero attached hydrogens (tertiary/aromatic N) is 2. The zero-order valence-corrected chi connectivity index (χ0v) is 15.7. The fraction of sp³-hybridized carbons (Fsp3) is 0.526. The molecule has 0 aliphatic carbocycles. The number of likely N-dealkylation sites (N-methyl/N-ethyl adjacent to an activating group) is 2. The van der Waals surface area contributed by atoms with Gasteiger partial charge in [-0.3, -0.25) is 14.4 Å². The van der Waals surface area contributed by atoms with Crippen LogP contribution in [0.2, 0.25) is 0 Å². The van der Waals surface area contributed by atoms with Crippen LogP contribution in [-0.4, -0.2) is 62.0 Å². The molecule has 1 aromatic rings. The number of carbonyl (C=O) groups excluding carboxylic acids is 3. The minimum absolute atomic E-state index is 0.0118. The van der Waals surface area contributed by atoms with Gasteiger partial charge in [0.05, 0.1) is 12.5 Å². The minimum Gasteiger partial charge on any atom is -0.486 e. The predicted octanol–water partition coefficient (Wildman–Crippen LogP) is 0.795. The van der Waals surface area contributed by atoms with E-state index in [1.54, 1.807) is 23.1 Å². The lowest BCUT2D eigenvalue weighted by atomic mass is 10.1. The molecule has 0 spiro atoms. The molecule has 1 unspecified atom stereocenters. The summed E-state index contributed by atoms with van der Waals surface area (Å²) in [6.45, 7) is 5.88. The van der Waals surface area contributed by atoms with E-state index < -0.39 is 5.92 Å². The third-order valence-electron chi connectivity index (χ3n) is 4.71. The largest absolute Gasteiger partial charge is 0.486 e. The van der Waals surface area contributed by atoms with Crippen molar-refractivity contribution in [3.63, 3.8) is 0 Å². The molecule has 1 atom stereocenters. The number of carbonyl (C=O) groups is 3. The quantitative estimate of drug-likeness (QED) is 0.794. The van der Waals surface area contributed by atoms with Crippen LogP contribution >= 0.6 is 0 Å². The van der Waals surface area contributed by atoms with Gasteiger partial charge in [0.2, 0.25) is 17.7 Å². The number of nitrogens with one attached hydrogen (secondary N) is 1. The summed E-state index contributed by atoms with van der Waals surface area (Å²) in [5.41, 5.74) is 0.686. The van der Waals surface area contributed by atoms with E-state index in [0.29, 0.717) is 50.0 Å². The Morgan fingerprint density at radius 1 is 1.22 bits per heavy atom. The first-order chi connectivity index (χ1) is 13.0. The molecular formula is C19H25N3O5. The fourth-order valence-corrected chi connectivity index (χ4v) is 3.35. The van der Waals surface area contributed by atoms with Gasteiger partial charge in [-0.1, -0.05) is 0 Å². The van der Waals surface area contributed by atoms with Crippen molar-refractivity contribution in [1.82, 2.24) is 10.2 Å². The smallest absolute Gasteiger partial charge is 0.239 e. The van der Waals surface area contributed by atoms with Gasteiger partial charge in [0.1, 0.15) is 13.2 Å². The van der Waals surface area contributed by atoms with Crippen molar-refractivity contribution in [3.05, 3.63) is 18.2 Å². The first-order valence-electron chi connectivity index (χ1n) is 9.29. The molecule has 2 aliphatic heterocycles. The van der Waals surface area contributed by atoms with Crippen molar-refractivity contribution in [2.45, 2.75) is 20.3 Å². The summed E-state index contributed by atoms with van der Waals surface area (Å²) in [7, 11) is 0. The van der Waals surface area contributed by atoms with Crippen LogP contribution in [0.15, 0.2) is 18.2 Å². The number of ether oxygens (including phenoxy) is 2. The predicted molar refractivity (Wildman–Crippen MR) is 98.8 cm³/mol. The molecule has 1 saturated heterocycles. The molecule has 3 rings (SSSR count). The van der Waals surface area contributed by atoms with Crippen molar-refractivity contribution in [3.8, 4) is 11.5 Å². The van der Waals surface area contributed by atoms with Gasteiger partial charge in [-0.25, -0.2) is 0 Å². The maximum Gasteiger partial charge on any atom is 0.239 e. The van der Waals surface area contributed by atoms with Gasteiger partial charge in [0.25, 0.3) is 0 Å². The standard InChI is InChI=1S/C19H25N3O5/c1-3-20-17(23)12-21(4-2)19(25)13-9-18(24)22(11-13)14-5-6-15-16(10-14)27-8-7-26-15/h5-6,10,13H,3-4,7-9,11-12H2,1-2H3,(H,20,23). The lowest BCUT2D eigenvalue weighted by Gasteiger charge is -2.24. The van der Waals surface area contributed by atoms with E-state index in [9.17, 15) is 14.4 Å². The summed E-state index contributed by atoms with van der Waals surface area (Å²) in [6, 6.07) is 5.34. The summed E-state index contributed by atoms with van der Waals surface area (Å²) in [6.07, 6.45) is 0.138. The molecule has 8 nitrogen and oxygen atoms in total. The van der Waals surface area contributed by atoms with Crippen LogP contribution in [-0.2, 0) is 14.4 Å². The summed E-state index contributed by atoms with van der Waals surface area (Å²) >= 11 is 0. The lowest BCUT2D eigenvalue weighted by Crippen LogP contribution is -2.43. The van der Waals surface area contributed by atoms with Crippen molar-refractivity contribution < 1.29 is 23.9 Å². The van der Waals surface area contributed by atoms with Crippen LogP contribution in [0.1, 0.15) is 20.3 Å². The van der Waals surface area contributed by atoms with Gasteiger partial charge in [-0.05, 0) is 26.0 Å². The summed E-state index contributed by atoms with van der Waals surface area (Å²) in [4.78, 5) is 40.2. The van der Waals surface area contributed by atoms with E-state index in [-0.39, 0.29) is 30.7 Å². The van der Waals surface area contributed by atoms with Gasteiger partial charge in [-0.2, -0.15) is 0 Å². The Balaban J connectivity index is 1.69. The second kappa shape index (κ2) is 8.28. The molecule has 2 heterocycles. The van der Waals surface area contributed by atoms with Gasteiger partial charge >= 0.3 is 0 Å². The molecule has 0 radical (unpaired) electrons. The number of fused-ring (bicyclic) bond motifs is 1. The first-order valence-corrected chi connectivity index (χ1v) is 9.29. The van der Waals surface area contributed by atoms with Crippen molar-refractivity contribution in [2.24, 2.45) is 5.92 Å². The molecule has 0 aromatic heterocycles. The number of benzene rings is 1. The number of rotatable bonds is 6. The maximum atomic E-state index is 12.8. The van der Waals surface area contributed by atoms with E-state index in [1.165, 1.54) is 4.90 Å². The summed E-state index contributed by atoms with van der Waals surface area (Å²) in [5, 5.41) is 2.69. The highest BCUT2D eigenvalue weighted by Gasteiger charge is 2.37. The molecule has 27 heavy (non-hydrogen) atoms. The van der Waals surface area contributed by atoms with Gasteiger partial charge in [-0.15, -0.1) is 0 Å². The first kappa shape index (κ1) is 19.0. The molecular weight excluding hydrogens is 350 g/mol. The topological polar surface area (TPSA) is 88.2 Å². The second-order valence-corrected chi connectivity index (χ2v) is 6.54. The average Bonchev–Trinajstić information content (AvgIpc) is 3.07. The highest BCUT2D eigenvalue weighted by atomic mass is 16.6. The van der Waals surface area contributed by atoms with Crippen LogP contribution in [0.5, 0.6) is 11.5 Å². The van der Waals surface area contributed by atoms with Crippen molar-refractivity contribution in [1.29, 1.82) is 0 Å². The van der Waals surface area contributed by atoms with Crippen molar-refractivity contribution >= 4 is 23.4 Å². The van der Waals surface area contributed by atoms with E-state index >= 15 is 0 Å². The van der Waals surface area contributed by atoms with Gasteiger partial charge < -0.3 is 24.6 Å². The van der Waals surface area contributed by atoms with Crippen LogP contribution in [0.25, 0.3) is 0 Å². The molecule has 3 amide bonds. The average molecular weight is 375 g/mol.